The lowest BCUT2D eigenvalue weighted by Crippen LogP contribution is -2.53. The first-order valence-corrected chi connectivity index (χ1v) is 8.83. The maximum Gasteiger partial charge on any atom is 0.0730 e. The van der Waals surface area contributed by atoms with E-state index in [-0.39, 0.29) is 0 Å². The summed E-state index contributed by atoms with van der Waals surface area (Å²) in [6.07, 6.45) is 13.2. The van der Waals surface area contributed by atoms with Crippen LogP contribution in [0.15, 0.2) is 0 Å². The zero-order valence-electron chi connectivity index (χ0n) is 13.2. The molecule has 1 heterocycles. The first-order valence-electron chi connectivity index (χ1n) is 8.83. The van der Waals surface area contributed by atoms with Gasteiger partial charge in [-0.2, -0.15) is 0 Å². The summed E-state index contributed by atoms with van der Waals surface area (Å²) >= 11 is 0. The SMILES string of the molecule is CNCC1(CN2CCOC3CCCC32)CCCCCC1. The highest BCUT2D eigenvalue weighted by atomic mass is 16.5. The summed E-state index contributed by atoms with van der Waals surface area (Å²) < 4.78 is 5.98. The molecule has 0 aromatic rings. The summed E-state index contributed by atoms with van der Waals surface area (Å²) in [7, 11) is 2.13. The van der Waals surface area contributed by atoms with Gasteiger partial charge in [-0.05, 0) is 44.6 Å². The molecule has 20 heavy (non-hydrogen) atoms. The normalized spacial score (nSPS) is 34.6. The van der Waals surface area contributed by atoms with Crippen LogP contribution < -0.4 is 5.32 Å². The maximum atomic E-state index is 5.98. The number of hydrogen-bond acceptors (Lipinski definition) is 3. The monoisotopic (exact) mass is 280 g/mol. The number of nitrogens with one attached hydrogen (secondary N) is 1. The van der Waals surface area contributed by atoms with Crippen molar-refractivity contribution in [1.82, 2.24) is 10.2 Å². The van der Waals surface area contributed by atoms with Gasteiger partial charge in [0, 0.05) is 25.7 Å². The summed E-state index contributed by atoms with van der Waals surface area (Å²) in [6.45, 7) is 4.61. The molecule has 0 radical (unpaired) electrons. The minimum Gasteiger partial charge on any atom is -0.375 e. The number of hydrogen-bond donors (Lipinski definition) is 1. The molecule has 3 nitrogen and oxygen atoms in total. The van der Waals surface area contributed by atoms with Gasteiger partial charge in [0.25, 0.3) is 0 Å². The average molecular weight is 280 g/mol. The molecule has 3 heteroatoms. The smallest absolute Gasteiger partial charge is 0.0730 e. The molecule has 0 amide bonds. The standard InChI is InChI=1S/C17H32N2O/c1-18-13-17(9-4-2-3-5-10-17)14-19-11-12-20-16-8-6-7-15(16)19/h15-16,18H,2-14H2,1H3. The predicted molar refractivity (Wildman–Crippen MR) is 83.0 cm³/mol. The molecule has 116 valence electrons. The molecule has 3 fully saturated rings. The van der Waals surface area contributed by atoms with Crippen LogP contribution in [0.5, 0.6) is 0 Å². The van der Waals surface area contributed by atoms with Gasteiger partial charge >= 0.3 is 0 Å². The average Bonchev–Trinajstić information content (AvgIpc) is 2.82. The van der Waals surface area contributed by atoms with Crippen molar-refractivity contribution in [2.75, 3.05) is 33.3 Å². The Balaban J connectivity index is 1.68. The van der Waals surface area contributed by atoms with Crippen molar-refractivity contribution in [3.8, 4) is 0 Å². The van der Waals surface area contributed by atoms with Gasteiger partial charge in [-0.3, -0.25) is 4.90 Å². The fraction of sp³-hybridized carbons (Fsp3) is 1.00. The lowest BCUT2D eigenvalue weighted by molar-refractivity contribution is -0.0700. The van der Waals surface area contributed by atoms with Gasteiger partial charge in [-0.25, -0.2) is 0 Å². The van der Waals surface area contributed by atoms with Gasteiger partial charge in [-0.15, -0.1) is 0 Å². The number of ether oxygens (including phenoxy) is 1. The number of fused-ring (bicyclic) bond motifs is 1. The first-order chi connectivity index (χ1) is 9.83. The Labute approximate surface area is 124 Å². The predicted octanol–water partition coefficient (Wildman–Crippen LogP) is 2.80. The van der Waals surface area contributed by atoms with Crippen molar-refractivity contribution in [2.24, 2.45) is 5.41 Å². The van der Waals surface area contributed by atoms with Crippen LogP contribution in [0, 0.1) is 5.41 Å². The molecular formula is C17H32N2O. The molecule has 0 aromatic heterocycles. The Morgan fingerprint density at radius 1 is 1.10 bits per heavy atom. The van der Waals surface area contributed by atoms with Crippen molar-refractivity contribution in [3.05, 3.63) is 0 Å². The molecule has 1 aliphatic heterocycles. The van der Waals surface area contributed by atoms with E-state index >= 15 is 0 Å². The quantitative estimate of drug-likeness (QED) is 0.802. The Morgan fingerprint density at radius 3 is 2.65 bits per heavy atom. The molecule has 3 aliphatic rings. The van der Waals surface area contributed by atoms with Crippen molar-refractivity contribution in [3.63, 3.8) is 0 Å². The van der Waals surface area contributed by atoms with Crippen LogP contribution in [0.2, 0.25) is 0 Å². The molecule has 2 saturated carbocycles. The van der Waals surface area contributed by atoms with Gasteiger partial charge in [-0.1, -0.05) is 25.7 Å². The van der Waals surface area contributed by atoms with E-state index in [0.29, 0.717) is 11.5 Å². The zero-order chi connectivity index (χ0) is 13.8. The largest absolute Gasteiger partial charge is 0.375 e. The highest BCUT2D eigenvalue weighted by Gasteiger charge is 2.40. The summed E-state index contributed by atoms with van der Waals surface area (Å²) in [5.74, 6) is 0. The van der Waals surface area contributed by atoms with Crippen LogP contribution in [0.1, 0.15) is 57.8 Å². The lowest BCUT2D eigenvalue weighted by atomic mass is 9.79. The second kappa shape index (κ2) is 6.76. The van der Waals surface area contributed by atoms with Crippen molar-refractivity contribution < 1.29 is 4.74 Å². The van der Waals surface area contributed by atoms with Crippen LogP contribution in [-0.2, 0) is 4.74 Å². The molecular weight excluding hydrogens is 248 g/mol. The Bertz CT molecular complexity index is 299. The van der Waals surface area contributed by atoms with Gasteiger partial charge in [0.1, 0.15) is 0 Å². The molecule has 2 unspecified atom stereocenters. The van der Waals surface area contributed by atoms with E-state index in [1.807, 2.05) is 0 Å². The van der Waals surface area contributed by atoms with Crippen LogP contribution >= 0.6 is 0 Å². The molecule has 2 atom stereocenters. The number of rotatable bonds is 4. The third-order valence-electron chi connectivity index (χ3n) is 5.85. The molecule has 2 aliphatic carbocycles. The van der Waals surface area contributed by atoms with E-state index in [1.165, 1.54) is 70.9 Å². The molecule has 0 bridgehead atoms. The third kappa shape index (κ3) is 3.20. The first kappa shape index (κ1) is 14.8. The highest BCUT2D eigenvalue weighted by molar-refractivity contribution is 4.94. The topological polar surface area (TPSA) is 24.5 Å². The third-order valence-corrected chi connectivity index (χ3v) is 5.85. The Morgan fingerprint density at radius 2 is 1.90 bits per heavy atom. The molecule has 0 spiro atoms. The second-order valence-electron chi connectivity index (χ2n) is 7.32. The highest BCUT2D eigenvalue weighted by Crippen LogP contribution is 2.38. The number of nitrogens with zero attached hydrogens (tertiary/aromatic N) is 1. The number of morpholine rings is 1. The van der Waals surface area contributed by atoms with E-state index < -0.39 is 0 Å². The van der Waals surface area contributed by atoms with Crippen LogP contribution in [0.25, 0.3) is 0 Å². The molecule has 1 saturated heterocycles. The van der Waals surface area contributed by atoms with E-state index in [9.17, 15) is 0 Å². The summed E-state index contributed by atoms with van der Waals surface area (Å²) in [5.41, 5.74) is 0.524. The molecule has 3 rings (SSSR count). The summed E-state index contributed by atoms with van der Waals surface area (Å²) in [6, 6.07) is 0.723. The van der Waals surface area contributed by atoms with Crippen LogP contribution in [0.3, 0.4) is 0 Å². The summed E-state index contributed by atoms with van der Waals surface area (Å²) in [5, 5.41) is 3.50. The minimum absolute atomic E-state index is 0.524. The van der Waals surface area contributed by atoms with Crippen LogP contribution in [-0.4, -0.2) is 50.3 Å². The van der Waals surface area contributed by atoms with Crippen molar-refractivity contribution >= 4 is 0 Å². The van der Waals surface area contributed by atoms with Gasteiger partial charge in [0.05, 0.1) is 12.7 Å². The van der Waals surface area contributed by atoms with Gasteiger partial charge in [0.15, 0.2) is 0 Å². The fourth-order valence-electron chi connectivity index (χ4n) is 4.88. The molecule has 1 N–H and O–H groups in total. The zero-order valence-corrected chi connectivity index (χ0v) is 13.2. The fourth-order valence-corrected chi connectivity index (χ4v) is 4.88. The maximum absolute atomic E-state index is 5.98. The lowest BCUT2D eigenvalue weighted by Gasteiger charge is -2.44. The van der Waals surface area contributed by atoms with E-state index in [1.54, 1.807) is 0 Å². The second-order valence-corrected chi connectivity index (χ2v) is 7.32. The van der Waals surface area contributed by atoms with E-state index in [0.717, 1.165) is 19.2 Å². The van der Waals surface area contributed by atoms with Crippen molar-refractivity contribution in [2.45, 2.75) is 69.9 Å². The Kier molecular flexibility index (Phi) is 5.00. The summed E-state index contributed by atoms with van der Waals surface area (Å²) in [4.78, 5) is 2.80. The van der Waals surface area contributed by atoms with Gasteiger partial charge in [0.2, 0.25) is 0 Å². The van der Waals surface area contributed by atoms with Crippen molar-refractivity contribution in [1.29, 1.82) is 0 Å². The van der Waals surface area contributed by atoms with E-state index in [2.05, 4.69) is 17.3 Å². The minimum atomic E-state index is 0.524. The van der Waals surface area contributed by atoms with Crippen LogP contribution in [0.4, 0.5) is 0 Å². The van der Waals surface area contributed by atoms with Gasteiger partial charge < -0.3 is 10.1 Å². The van der Waals surface area contributed by atoms with E-state index in [4.69, 9.17) is 4.74 Å². The molecule has 0 aromatic carbocycles. The Hall–Kier alpha value is -0.120.